The topological polar surface area (TPSA) is 60.9 Å². The van der Waals surface area contributed by atoms with Crippen molar-refractivity contribution in [3.8, 4) is 0 Å². The molecule has 1 atom stereocenters. The van der Waals surface area contributed by atoms with Gasteiger partial charge >= 0.3 is 5.97 Å². The van der Waals surface area contributed by atoms with Gasteiger partial charge in [-0.25, -0.2) is 0 Å². The monoisotopic (exact) mass is 358 g/mol. The average molecular weight is 358 g/mol. The van der Waals surface area contributed by atoms with E-state index in [9.17, 15) is 9.59 Å². The molecule has 0 radical (unpaired) electrons. The number of hydrogen-bond acceptors (Lipinski definition) is 4. The highest BCUT2D eigenvalue weighted by molar-refractivity contribution is 7.12. The number of hydrogen-bond donors (Lipinski definition) is 1. The molecular weight excluding hydrogens is 336 g/mol. The van der Waals surface area contributed by atoms with Crippen LogP contribution in [0.25, 0.3) is 0 Å². The third kappa shape index (κ3) is 4.46. The minimum Gasteiger partial charge on any atom is -0.481 e. The Balaban J connectivity index is 1.65. The fourth-order valence-corrected chi connectivity index (χ4v) is 3.98. The van der Waals surface area contributed by atoms with Crippen LogP contribution in [-0.2, 0) is 4.79 Å². The summed E-state index contributed by atoms with van der Waals surface area (Å²) in [5.41, 5.74) is 1.14. The number of piperazine rings is 1. The molecule has 0 unspecified atom stereocenters. The molecule has 1 amide bonds. The van der Waals surface area contributed by atoms with Gasteiger partial charge in [0.2, 0.25) is 0 Å². The summed E-state index contributed by atoms with van der Waals surface area (Å²) in [7, 11) is 0. The molecule has 1 aliphatic rings. The lowest BCUT2D eigenvalue weighted by molar-refractivity contribution is -0.137. The summed E-state index contributed by atoms with van der Waals surface area (Å²) >= 11 is 1.47. The summed E-state index contributed by atoms with van der Waals surface area (Å²) in [6.07, 6.45) is 0.728. The maximum absolute atomic E-state index is 12.5. The first-order valence-electron chi connectivity index (χ1n) is 8.48. The van der Waals surface area contributed by atoms with Crippen molar-refractivity contribution in [1.82, 2.24) is 9.80 Å². The molecule has 5 nitrogen and oxygen atoms in total. The second-order valence-electron chi connectivity index (χ2n) is 6.16. The Hall–Kier alpha value is -2.18. The number of rotatable bonds is 6. The van der Waals surface area contributed by atoms with Crippen molar-refractivity contribution < 1.29 is 14.7 Å². The lowest BCUT2D eigenvalue weighted by Crippen LogP contribution is -2.49. The molecule has 1 N–H and O–H groups in total. The Kier molecular flexibility index (Phi) is 5.83. The Bertz CT molecular complexity index is 695. The summed E-state index contributed by atoms with van der Waals surface area (Å²) in [5.74, 6) is -0.677. The minimum atomic E-state index is -0.771. The number of amides is 1. The van der Waals surface area contributed by atoms with Crippen molar-refractivity contribution >= 4 is 23.2 Å². The van der Waals surface area contributed by atoms with Crippen molar-refractivity contribution in [1.29, 1.82) is 0 Å². The van der Waals surface area contributed by atoms with E-state index in [1.54, 1.807) is 0 Å². The van der Waals surface area contributed by atoms with Crippen LogP contribution in [-0.4, -0.2) is 53.0 Å². The molecule has 1 aromatic heterocycles. The van der Waals surface area contributed by atoms with Crippen LogP contribution in [0.15, 0.2) is 47.8 Å². The normalized spacial score (nSPS) is 16.6. The van der Waals surface area contributed by atoms with Crippen LogP contribution < -0.4 is 0 Å². The minimum absolute atomic E-state index is 0.0799. The standard InChI is InChI=1S/C19H22N2O3S/c22-18(23)9-8-16(15-5-2-1-3-6-15)20-10-12-21(13-11-20)19(24)17-7-4-14-25-17/h1-7,14,16H,8-13H2,(H,22,23)/t16-/m1/s1. The van der Waals surface area contributed by atoms with Crippen LogP contribution in [0.5, 0.6) is 0 Å². The third-order valence-corrected chi connectivity index (χ3v) is 5.45. The Morgan fingerprint density at radius 1 is 1.04 bits per heavy atom. The van der Waals surface area contributed by atoms with Crippen LogP contribution in [0.3, 0.4) is 0 Å². The second-order valence-corrected chi connectivity index (χ2v) is 7.11. The fraction of sp³-hybridized carbons (Fsp3) is 0.368. The highest BCUT2D eigenvalue weighted by Gasteiger charge is 2.28. The number of carbonyl (C=O) groups is 2. The predicted octanol–water partition coefficient (Wildman–Crippen LogP) is 3.11. The zero-order chi connectivity index (χ0) is 17.6. The zero-order valence-corrected chi connectivity index (χ0v) is 14.8. The van der Waals surface area contributed by atoms with Gasteiger partial charge in [0.1, 0.15) is 0 Å². The molecule has 132 valence electrons. The summed E-state index contributed by atoms with van der Waals surface area (Å²) in [4.78, 5) is 28.5. The number of thiophene rings is 1. The molecule has 25 heavy (non-hydrogen) atoms. The molecule has 2 aromatic rings. The highest BCUT2D eigenvalue weighted by Crippen LogP contribution is 2.27. The molecule has 3 rings (SSSR count). The van der Waals surface area contributed by atoms with Crippen molar-refractivity contribution in [2.24, 2.45) is 0 Å². The molecule has 0 saturated carbocycles. The number of carbonyl (C=O) groups excluding carboxylic acids is 1. The average Bonchev–Trinajstić information content (AvgIpc) is 3.17. The molecule has 1 aromatic carbocycles. The lowest BCUT2D eigenvalue weighted by atomic mass is 9.99. The fourth-order valence-electron chi connectivity index (χ4n) is 3.29. The molecule has 1 aliphatic heterocycles. The molecule has 1 saturated heterocycles. The summed E-state index contributed by atoms with van der Waals surface area (Å²) in [6, 6.07) is 13.9. The van der Waals surface area contributed by atoms with E-state index in [-0.39, 0.29) is 18.4 Å². The SMILES string of the molecule is O=C(O)CC[C@H](c1ccccc1)N1CCN(C(=O)c2cccs2)CC1. The molecule has 2 heterocycles. The van der Waals surface area contributed by atoms with Gasteiger partial charge in [-0.3, -0.25) is 14.5 Å². The Labute approximate surface area is 151 Å². The van der Waals surface area contributed by atoms with Crippen LogP contribution >= 0.6 is 11.3 Å². The number of aliphatic carboxylic acids is 1. The largest absolute Gasteiger partial charge is 0.481 e. The molecule has 0 bridgehead atoms. The maximum atomic E-state index is 12.5. The predicted molar refractivity (Wildman–Crippen MR) is 97.8 cm³/mol. The van der Waals surface area contributed by atoms with Crippen LogP contribution in [0.2, 0.25) is 0 Å². The van der Waals surface area contributed by atoms with Crippen molar-refractivity contribution in [2.45, 2.75) is 18.9 Å². The van der Waals surface area contributed by atoms with Gasteiger partial charge in [-0.1, -0.05) is 36.4 Å². The molecule has 0 aliphatic carbocycles. The summed E-state index contributed by atoms with van der Waals surface area (Å²) in [5, 5.41) is 11.0. The van der Waals surface area contributed by atoms with Gasteiger partial charge < -0.3 is 10.0 Å². The highest BCUT2D eigenvalue weighted by atomic mass is 32.1. The number of carboxylic acid groups (broad SMARTS) is 1. The molecule has 1 fully saturated rings. The van der Waals surface area contributed by atoms with Crippen LogP contribution in [0, 0.1) is 0 Å². The van der Waals surface area contributed by atoms with E-state index in [2.05, 4.69) is 17.0 Å². The quantitative estimate of drug-likeness (QED) is 0.862. The first-order valence-corrected chi connectivity index (χ1v) is 9.36. The zero-order valence-electron chi connectivity index (χ0n) is 14.0. The van der Waals surface area contributed by atoms with Crippen molar-refractivity contribution in [3.63, 3.8) is 0 Å². The molecular formula is C19H22N2O3S. The molecule has 6 heteroatoms. The number of benzene rings is 1. The van der Waals surface area contributed by atoms with Gasteiger partial charge in [0, 0.05) is 38.6 Å². The van der Waals surface area contributed by atoms with Crippen LogP contribution in [0.1, 0.15) is 34.1 Å². The summed E-state index contributed by atoms with van der Waals surface area (Å²) in [6.45, 7) is 2.87. The van der Waals surface area contributed by atoms with Gasteiger partial charge in [0.15, 0.2) is 0 Å². The van der Waals surface area contributed by atoms with Gasteiger partial charge in [-0.2, -0.15) is 0 Å². The van der Waals surface area contributed by atoms with E-state index >= 15 is 0 Å². The van der Waals surface area contributed by atoms with Gasteiger partial charge in [-0.05, 0) is 23.4 Å². The van der Waals surface area contributed by atoms with E-state index in [1.165, 1.54) is 11.3 Å². The Morgan fingerprint density at radius 2 is 1.76 bits per heavy atom. The maximum Gasteiger partial charge on any atom is 0.303 e. The van der Waals surface area contributed by atoms with Crippen LogP contribution in [0.4, 0.5) is 0 Å². The van der Waals surface area contributed by atoms with Gasteiger partial charge in [-0.15, -0.1) is 11.3 Å². The first kappa shape index (κ1) is 17.6. The third-order valence-electron chi connectivity index (χ3n) is 4.59. The van der Waals surface area contributed by atoms with E-state index < -0.39 is 5.97 Å². The number of carboxylic acids is 1. The van der Waals surface area contributed by atoms with Gasteiger partial charge in [0.05, 0.1) is 4.88 Å². The second kappa shape index (κ2) is 8.27. The van der Waals surface area contributed by atoms with Crippen molar-refractivity contribution in [2.75, 3.05) is 26.2 Å². The van der Waals surface area contributed by atoms with E-state index in [1.807, 2.05) is 40.6 Å². The summed E-state index contributed by atoms with van der Waals surface area (Å²) < 4.78 is 0. The van der Waals surface area contributed by atoms with Gasteiger partial charge in [0.25, 0.3) is 5.91 Å². The lowest BCUT2D eigenvalue weighted by Gasteiger charge is -2.39. The van der Waals surface area contributed by atoms with E-state index in [4.69, 9.17) is 5.11 Å². The Morgan fingerprint density at radius 3 is 2.36 bits per heavy atom. The molecule has 0 spiro atoms. The first-order chi connectivity index (χ1) is 12.1. The van der Waals surface area contributed by atoms with Crippen molar-refractivity contribution in [3.05, 3.63) is 58.3 Å². The smallest absolute Gasteiger partial charge is 0.303 e. The van der Waals surface area contributed by atoms with E-state index in [0.29, 0.717) is 19.5 Å². The van der Waals surface area contributed by atoms with E-state index in [0.717, 1.165) is 23.5 Å². The number of nitrogens with zero attached hydrogens (tertiary/aromatic N) is 2.